The molecule has 0 bridgehead atoms. The Morgan fingerprint density at radius 2 is 1.57 bits per heavy atom. The summed E-state index contributed by atoms with van der Waals surface area (Å²) in [6, 6.07) is 20.3. The van der Waals surface area contributed by atoms with E-state index in [4.69, 9.17) is 4.98 Å². The molecule has 100 valence electrons. The molecule has 0 aliphatic carbocycles. The maximum atomic E-state index is 4.79. The number of hydrogen-bond donors (Lipinski definition) is 0. The van der Waals surface area contributed by atoms with E-state index in [2.05, 4.69) is 27.6 Å². The Kier molecular flexibility index (Phi) is 2.75. The highest BCUT2D eigenvalue weighted by atomic mass is 15.0. The lowest BCUT2D eigenvalue weighted by atomic mass is 10.1. The van der Waals surface area contributed by atoms with E-state index in [1.807, 2.05) is 54.9 Å². The van der Waals surface area contributed by atoms with Crippen LogP contribution in [-0.4, -0.2) is 14.4 Å². The van der Waals surface area contributed by atoms with Crippen LogP contribution in [0.4, 0.5) is 0 Å². The van der Waals surface area contributed by atoms with Crippen molar-refractivity contribution in [2.24, 2.45) is 0 Å². The molecule has 0 saturated carbocycles. The average Bonchev–Trinajstić information content (AvgIpc) is 2.96. The predicted molar refractivity (Wildman–Crippen MR) is 83.9 cm³/mol. The fourth-order valence-electron chi connectivity index (χ4n) is 2.57. The monoisotopic (exact) mass is 271 g/mol. The second kappa shape index (κ2) is 4.87. The minimum absolute atomic E-state index is 0.940. The first kappa shape index (κ1) is 11.9. The van der Waals surface area contributed by atoms with Crippen molar-refractivity contribution in [1.82, 2.24) is 14.4 Å². The maximum Gasteiger partial charge on any atom is 0.137 e. The van der Waals surface area contributed by atoms with Gasteiger partial charge in [-0.25, -0.2) is 4.98 Å². The van der Waals surface area contributed by atoms with Gasteiger partial charge in [0.25, 0.3) is 0 Å². The molecule has 0 spiro atoms. The second-order valence-electron chi connectivity index (χ2n) is 4.85. The molecule has 3 heteroatoms. The first-order chi connectivity index (χ1) is 10.4. The summed E-state index contributed by atoms with van der Waals surface area (Å²) in [5, 5.41) is 0. The van der Waals surface area contributed by atoms with Crippen molar-refractivity contribution >= 4 is 5.65 Å². The number of benzene rings is 1. The Hall–Kier alpha value is -2.94. The van der Waals surface area contributed by atoms with E-state index in [0.29, 0.717) is 0 Å². The zero-order valence-electron chi connectivity index (χ0n) is 11.3. The van der Waals surface area contributed by atoms with Gasteiger partial charge in [0.1, 0.15) is 5.65 Å². The number of fused-ring (bicyclic) bond motifs is 1. The Bertz CT molecular complexity index is 880. The highest BCUT2D eigenvalue weighted by molar-refractivity contribution is 5.81. The van der Waals surface area contributed by atoms with Crippen molar-refractivity contribution in [2.75, 3.05) is 0 Å². The van der Waals surface area contributed by atoms with Crippen LogP contribution in [0.1, 0.15) is 0 Å². The number of hydrogen-bond acceptors (Lipinski definition) is 2. The zero-order valence-corrected chi connectivity index (χ0v) is 11.3. The minimum Gasteiger partial charge on any atom is -0.299 e. The molecule has 0 aliphatic heterocycles. The third-order valence-corrected chi connectivity index (χ3v) is 3.51. The van der Waals surface area contributed by atoms with Crippen molar-refractivity contribution in [1.29, 1.82) is 0 Å². The van der Waals surface area contributed by atoms with Crippen LogP contribution >= 0.6 is 0 Å². The molecule has 0 N–H and O–H groups in total. The van der Waals surface area contributed by atoms with Gasteiger partial charge in [0.15, 0.2) is 0 Å². The van der Waals surface area contributed by atoms with Crippen LogP contribution < -0.4 is 0 Å². The summed E-state index contributed by atoms with van der Waals surface area (Å²) in [5.74, 6) is 0. The molecular formula is C18H13N3. The second-order valence-corrected chi connectivity index (χ2v) is 4.85. The van der Waals surface area contributed by atoms with Crippen LogP contribution in [-0.2, 0) is 0 Å². The zero-order chi connectivity index (χ0) is 14.1. The van der Waals surface area contributed by atoms with Crippen LogP contribution in [0, 0.1) is 0 Å². The summed E-state index contributed by atoms with van der Waals surface area (Å²) in [4.78, 5) is 9.04. The topological polar surface area (TPSA) is 30.2 Å². The van der Waals surface area contributed by atoms with Crippen molar-refractivity contribution in [3.63, 3.8) is 0 Å². The van der Waals surface area contributed by atoms with E-state index < -0.39 is 0 Å². The Balaban J connectivity index is 2.07. The highest BCUT2D eigenvalue weighted by Gasteiger charge is 2.15. The molecule has 0 unspecified atom stereocenters. The molecule has 0 atom stereocenters. The smallest absolute Gasteiger partial charge is 0.137 e. The third kappa shape index (κ3) is 1.99. The van der Waals surface area contributed by atoms with E-state index in [9.17, 15) is 0 Å². The molecule has 0 saturated heterocycles. The summed E-state index contributed by atoms with van der Waals surface area (Å²) in [7, 11) is 0. The largest absolute Gasteiger partial charge is 0.299 e. The van der Waals surface area contributed by atoms with Gasteiger partial charge in [0.05, 0.1) is 11.4 Å². The minimum atomic E-state index is 0.940. The fraction of sp³-hybridized carbons (Fsp3) is 0. The van der Waals surface area contributed by atoms with Gasteiger partial charge in [-0.15, -0.1) is 0 Å². The SMILES string of the molecule is c1ccc(-c2nc3ccccn3c2-c2cccnc2)cc1. The molecule has 0 fully saturated rings. The lowest BCUT2D eigenvalue weighted by molar-refractivity contribution is 1.18. The van der Waals surface area contributed by atoms with Gasteiger partial charge in [0.2, 0.25) is 0 Å². The Morgan fingerprint density at radius 1 is 0.762 bits per heavy atom. The lowest BCUT2D eigenvalue weighted by Gasteiger charge is -2.05. The van der Waals surface area contributed by atoms with Gasteiger partial charge in [-0.05, 0) is 24.3 Å². The molecule has 4 aromatic rings. The van der Waals surface area contributed by atoms with E-state index in [-0.39, 0.29) is 0 Å². The Labute approximate surface area is 122 Å². The molecule has 0 radical (unpaired) electrons. The van der Waals surface area contributed by atoms with E-state index in [0.717, 1.165) is 28.2 Å². The van der Waals surface area contributed by atoms with Crippen molar-refractivity contribution in [3.8, 4) is 22.5 Å². The van der Waals surface area contributed by atoms with Crippen molar-refractivity contribution in [2.45, 2.75) is 0 Å². The standard InChI is InChI=1S/C18H13N3/c1-2-7-14(8-3-1)17-18(15-9-6-11-19-13-15)21-12-5-4-10-16(21)20-17/h1-13H. The normalized spacial score (nSPS) is 10.9. The number of nitrogens with zero attached hydrogens (tertiary/aromatic N) is 3. The molecule has 3 aromatic heterocycles. The number of pyridine rings is 2. The molecule has 4 rings (SSSR count). The summed E-state index contributed by atoms with van der Waals surface area (Å²) >= 11 is 0. The van der Waals surface area contributed by atoms with Gasteiger partial charge in [-0.1, -0.05) is 36.4 Å². The van der Waals surface area contributed by atoms with Crippen LogP contribution in [0.3, 0.4) is 0 Å². The van der Waals surface area contributed by atoms with Gasteiger partial charge in [-0.2, -0.15) is 0 Å². The number of imidazole rings is 1. The number of rotatable bonds is 2. The molecule has 0 aliphatic rings. The first-order valence-electron chi connectivity index (χ1n) is 6.86. The van der Waals surface area contributed by atoms with Gasteiger partial charge in [-0.3, -0.25) is 9.38 Å². The third-order valence-electron chi connectivity index (χ3n) is 3.51. The van der Waals surface area contributed by atoms with Crippen LogP contribution in [0.25, 0.3) is 28.2 Å². The maximum absolute atomic E-state index is 4.79. The number of aromatic nitrogens is 3. The van der Waals surface area contributed by atoms with Crippen molar-refractivity contribution < 1.29 is 0 Å². The first-order valence-corrected chi connectivity index (χ1v) is 6.86. The average molecular weight is 271 g/mol. The van der Waals surface area contributed by atoms with E-state index in [1.54, 1.807) is 6.20 Å². The summed E-state index contributed by atoms with van der Waals surface area (Å²) in [6.07, 6.45) is 5.70. The fourth-order valence-corrected chi connectivity index (χ4v) is 2.57. The van der Waals surface area contributed by atoms with Crippen LogP contribution in [0.15, 0.2) is 79.3 Å². The molecule has 1 aromatic carbocycles. The summed E-state index contributed by atoms with van der Waals surface area (Å²) in [5.41, 5.74) is 5.17. The van der Waals surface area contributed by atoms with Gasteiger partial charge in [0, 0.05) is 29.7 Å². The molecule has 3 heterocycles. The molecule has 3 nitrogen and oxygen atoms in total. The predicted octanol–water partition coefficient (Wildman–Crippen LogP) is 4.06. The van der Waals surface area contributed by atoms with Crippen LogP contribution in [0.5, 0.6) is 0 Å². The lowest BCUT2D eigenvalue weighted by Crippen LogP contribution is -1.89. The summed E-state index contributed by atoms with van der Waals surface area (Å²) < 4.78 is 2.11. The van der Waals surface area contributed by atoms with Gasteiger partial charge < -0.3 is 0 Å². The van der Waals surface area contributed by atoms with Crippen LogP contribution in [0.2, 0.25) is 0 Å². The van der Waals surface area contributed by atoms with E-state index >= 15 is 0 Å². The van der Waals surface area contributed by atoms with E-state index in [1.165, 1.54) is 0 Å². The molecule has 0 amide bonds. The Morgan fingerprint density at radius 3 is 2.38 bits per heavy atom. The highest BCUT2D eigenvalue weighted by Crippen LogP contribution is 2.31. The molecule has 21 heavy (non-hydrogen) atoms. The summed E-state index contributed by atoms with van der Waals surface area (Å²) in [6.45, 7) is 0. The van der Waals surface area contributed by atoms with Crippen molar-refractivity contribution in [3.05, 3.63) is 79.3 Å². The quantitative estimate of drug-likeness (QED) is 0.550. The van der Waals surface area contributed by atoms with Gasteiger partial charge >= 0.3 is 0 Å². The molecular weight excluding hydrogens is 258 g/mol.